The topological polar surface area (TPSA) is 64.3 Å². The summed E-state index contributed by atoms with van der Waals surface area (Å²) in [6.45, 7) is 2.58. The van der Waals surface area contributed by atoms with Crippen molar-refractivity contribution in [3.63, 3.8) is 0 Å². The summed E-state index contributed by atoms with van der Waals surface area (Å²) >= 11 is 0. The van der Waals surface area contributed by atoms with Gasteiger partial charge in [-0.15, -0.1) is 0 Å². The van der Waals surface area contributed by atoms with E-state index in [1.165, 1.54) is 0 Å². The van der Waals surface area contributed by atoms with Gasteiger partial charge in [0.25, 0.3) is 0 Å². The Morgan fingerprint density at radius 2 is 1.83 bits per heavy atom. The standard InChI is InChI=1S/C24H23FN4O/c1-15-20(19-5-4-6-21(26)24(19)25)11-17-13-27-23(12-22(17)28-15)29(2)14-16-7-9-18(30-3)10-8-16/h4-13H,14,26H2,1-3H3. The van der Waals surface area contributed by atoms with Crippen molar-refractivity contribution in [2.75, 3.05) is 24.8 Å². The molecule has 0 spiro atoms. The Hall–Kier alpha value is -3.67. The zero-order valence-corrected chi connectivity index (χ0v) is 17.2. The first kappa shape index (κ1) is 19.6. The highest BCUT2D eigenvalue weighted by atomic mass is 19.1. The molecule has 2 aromatic heterocycles. The maximum absolute atomic E-state index is 14.5. The van der Waals surface area contributed by atoms with Gasteiger partial charge in [-0.2, -0.15) is 0 Å². The molecule has 6 heteroatoms. The van der Waals surface area contributed by atoms with Crippen molar-refractivity contribution < 1.29 is 9.13 Å². The first-order chi connectivity index (χ1) is 14.5. The molecule has 2 N–H and O–H groups in total. The molecule has 4 aromatic rings. The monoisotopic (exact) mass is 402 g/mol. The molecule has 0 bridgehead atoms. The molecule has 0 saturated heterocycles. The van der Waals surface area contributed by atoms with Crippen LogP contribution in [0.5, 0.6) is 5.75 Å². The first-order valence-electron chi connectivity index (χ1n) is 9.62. The molecule has 0 atom stereocenters. The van der Waals surface area contributed by atoms with E-state index in [1.54, 1.807) is 31.5 Å². The second kappa shape index (κ2) is 7.99. The lowest BCUT2D eigenvalue weighted by atomic mass is 10.0. The van der Waals surface area contributed by atoms with Gasteiger partial charge in [-0.1, -0.05) is 24.3 Å². The van der Waals surface area contributed by atoms with Crippen LogP contribution in [0.25, 0.3) is 22.0 Å². The second-order valence-electron chi connectivity index (χ2n) is 7.27. The van der Waals surface area contributed by atoms with Crippen molar-refractivity contribution in [2.45, 2.75) is 13.5 Å². The van der Waals surface area contributed by atoms with E-state index < -0.39 is 5.82 Å². The van der Waals surface area contributed by atoms with Gasteiger partial charge in [0.05, 0.1) is 18.3 Å². The average molecular weight is 402 g/mol. The van der Waals surface area contributed by atoms with Gasteiger partial charge < -0.3 is 15.4 Å². The van der Waals surface area contributed by atoms with E-state index in [0.717, 1.165) is 33.7 Å². The van der Waals surface area contributed by atoms with E-state index in [9.17, 15) is 4.39 Å². The lowest BCUT2D eigenvalue weighted by Gasteiger charge is -2.19. The smallest absolute Gasteiger partial charge is 0.153 e. The van der Waals surface area contributed by atoms with Gasteiger partial charge in [0.15, 0.2) is 5.82 Å². The highest BCUT2D eigenvalue weighted by Gasteiger charge is 2.13. The summed E-state index contributed by atoms with van der Waals surface area (Å²) in [6.07, 6.45) is 1.77. The van der Waals surface area contributed by atoms with Crippen molar-refractivity contribution in [2.24, 2.45) is 0 Å². The van der Waals surface area contributed by atoms with E-state index in [2.05, 4.69) is 9.88 Å². The molecule has 0 aliphatic rings. The van der Waals surface area contributed by atoms with Crippen LogP contribution in [0.1, 0.15) is 11.3 Å². The molecular formula is C24H23FN4O. The van der Waals surface area contributed by atoms with Gasteiger partial charge in [0, 0.05) is 48.1 Å². The molecule has 0 saturated carbocycles. The summed E-state index contributed by atoms with van der Waals surface area (Å²) in [5, 5.41) is 0.846. The molecule has 0 unspecified atom stereocenters. The highest BCUT2D eigenvalue weighted by Crippen LogP contribution is 2.31. The minimum atomic E-state index is -0.425. The Labute approximate surface area is 175 Å². The minimum absolute atomic E-state index is 0.126. The number of benzene rings is 2. The maximum atomic E-state index is 14.5. The molecule has 30 heavy (non-hydrogen) atoms. The zero-order chi connectivity index (χ0) is 21.3. The number of hydrogen-bond donors (Lipinski definition) is 1. The third-order valence-electron chi connectivity index (χ3n) is 5.16. The molecule has 4 rings (SSSR count). The number of ether oxygens (including phenoxy) is 1. The fourth-order valence-corrected chi connectivity index (χ4v) is 3.48. The summed E-state index contributed by atoms with van der Waals surface area (Å²) in [6, 6.07) is 16.8. The second-order valence-corrected chi connectivity index (χ2v) is 7.27. The van der Waals surface area contributed by atoms with Crippen LogP contribution < -0.4 is 15.4 Å². The number of nitrogens with zero attached hydrogens (tertiary/aromatic N) is 3. The average Bonchev–Trinajstić information content (AvgIpc) is 2.75. The van der Waals surface area contributed by atoms with E-state index >= 15 is 0 Å². The number of aromatic nitrogens is 2. The lowest BCUT2D eigenvalue weighted by Crippen LogP contribution is -2.17. The van der Waals surface area contributed by atoms with Gasteiger partial charge in [0.1, 0.15) is 11.6 Å². The number of fused-ring (bicyclic) bond motifs is 1. The molecule has 0 radical (unpaired) electrons. The maximum Gasteiger partial charge on any atom is 0.153 e. The quantitative estimate of drug-likeness (QED) is 0.478. The highest BCUT2D eigenvalue weighted by molar-refractivity contribution is 5.86. The van der Waals surface area contributed by atoms with E-state index in [-0.39, 0.29) is 5.69 Å². The van der Waals surface area contributed by atoms with Crippen LogP contribution in [-0.4, -0.2) is 24.1 Å². The molecule has 152 valence electrons. The van der Waals surface area contributed by atoms with Gasteiger partial charge in [0.2, 0.25) is 0 Å². The molecular weight excluding hydrogens is 379 g/mol. The number of aryl methyl sites for hydroxylation is 1. The number of hydrogen-bond acceptors (Lipinski definition) is 5. The van der Waals surface area contributed by atoms with Crippen molar-refractivity contribution in [1.29, 1.82) is 0 Å². The van der Waals surface area contributed by atoms with Crippen molar-refractivity contribution in [3.8, 4) is 16.9 Å². The van der Waals surface area contributed by atoms with Gasteiger partial charge in [-0.3, -0.25) is 4.98 Å². The van der Waals surface area contributed by atoms with Crippen LogP contribution in [-0.2, 0) is 6.54 Å². The van der Waals surface area contributed by atoms with Crippen LogP contribution >= 0.6 is 0 Å². The number of nitrogen functional groups attached to an aromatic ring is 1. The number of pyridine rings is 2. The summed E-state index contributed by atoms with van der Waals surface area (Å²) in [5.74, 6) is 1.22. The predicted octanol–water partition coefficient (Wildman–Crippen LogP) is 4.97. The molecule has 0 aliphatic heterocycles. The van der Waals surface area contributed by atoms with E-state index in [4.69, 9.17) is 15.5 Å². The van der Waals surface area contributed by atoms with Crippen molar-refractivity contribution in [1.82, 2.24) is 9.97 Å². The van der Waals surface area contributed by atoms with Crippen molar-refractivity contribution in [3.05, 3.63) is 77.9 Å². The predicted molar refractivity (Wildman–Crippen MR) is 119 cm³/mol. The Bertz CT molecular complexity index is 1210. The van der Waals surface area contributed by atoms with Crippen LogP contribution in [0.15, 0.2) is 60.8 Å². The van der Waals surface area contributed by atoms with Crippen LogP contribution in [0.2, 0.25) is 0 Å². The third-order valence-corrected chi connectivity index (χ3v) is 5.16. The van der Waals surface area contributed by atoms with Gasteiger partial charge in [-0.05, 0) is 36.8 Å². The minimum Gasteiger partial charge on any atom is -0.497 e. The molecule has 2 heterocycles. The fraction of sp³-hybridized carbons (Fsp3) is 0.167. The number of rotatable bonds is 5. The Morgan fingerprint density at radius 1 is 1.07 bits per heavy atom. The third kappa shape index (κ3) is 3.76. The summed E-state index contributed by atoms with van der Waals surface area (Å²) in [7, 11) is 3.64. The Kier molecular flexibility index (Phi) is 5.23. The molecule has 5 nitrogen and oxygen atoms in total. The number of nitrogens with two attached hydrogens (primary N) is 1. The Balaban J connectivity index is 1.65. The SMILES string of the molecule is COc1ccc(CN(C)c2cc3nc(C)c(-c4cccc(N)c4F)cc3cn2)cc1. The van der Waals surface area contributed by atoms with Crippen molar-refractivity contribution >= 4 is 22.4 Å². The molecule has 2 aromatic carbocycles. The number of anilines is 2. The Morgan fingerprint density at radius 3 is 2.57 bits per heavy atom. The zero-order valence-electron chi connectivity index (χ0n) is 17.2. The molecule has 0 aliphatic carbocycles. The fourth-order valence-electron chi connectivity index (χ4n) is 3.48. The number of methoxy groups -OCH3 is 1. The van der Waals surface area contributed by atoms with Crippen LogP contribution in [0.3, 0.4) is 0 Å². The number of halogens is 1. The summed E-state index contributed by atoms with van der Waals surface area (Å²) in [4.78, 5) is 11.3. The largest absolute Gasteiger partial charge is 0.497 e. The van der Waals surface area contributed by atoms with Crippen LogP contribution in [0.4, 0.5) is 15.9 Å². The normalized spacial score (nSPS) is 10.9. The first-order valence-corrected chi connectivity index (χ1v) is 9.62. The molecule has 0 fully saturated rings. The van der Waals surface area contributed by atoms with E-state index in [0.29, 0.717) is 17.7 Å². The van der Waals surface area contributed by atoms with Gasteiger partial charge >= 0.3 is 0 Å². The summed E-state index contributed by atoms with van der Waals surface area (Å²) < 4.78 is 19.7. The lowest BCUT2D eigenvalue weighted by molar-refractivity contribution is 0.414. The van der Waals surface area contributed by atoms with Gasteiger partial charge in [-0.25, -0.2) is 9.37 Å². The van der Waals surface area contributed by atoms with E-state index in [1.807, 2.05) is 50.4 Å². The summed E-state index contributed by atoms with van der Waals surface area (Å²) in [5.41, 5.74) is 9.72. The van der Waals surface area contributed by atoms with Crippen LogP contribution in [0, 0.1) is 12.7 Å². The molecule has 0 amide bonds.